The van der Waals surface area contributed by atoms with Crippen molar-refractivity contribution in [1.29, 1.82) is 0 Å². The molecule has 0 aromatic heterocycles. The molecule has 18 heavy (non-hydrogen) atoms. The van der Waals surface area contributed by atoms with Crippen molar-refractivity contribution in [3.05, 3.63) is 25.3 Å². The van der Waals surface area contributed by atoms with Gasteiger partial charge in [0.15, 0.2) is 6.04 Å². The fourth-order valence-corrected chi connectivity index (χ4v) is 1.07. The monoisotopic (exact) mass is 255 g/mol. The van der Waals surface area contributed by atoms with Crippen molar-refractivity contribution in [2.75, 3.05) is 6.61 Å². The van der Waals surface area contributed by atoms with Gasteiger partial charge >= 0.3 is 5.97 Å². The van der Waals surface area contributed by atoms with Crippen LogP contribution in [-0.2, 0) is 19.2 Å². The van der Waals surface area contributed by atoms with Crippen LogP contribution < -0.4 is 0 Å². The molecule has 0 aliphatic heterocycles. The highest BCUT2D eigenvalue weighted by Crippen LogP contribution is 2.12. The number of hydroxylamine groups is 2. The summed E-state index contributed by atoms with van der Waals surface area (Å²) in [6.07, 6.45) is 2.55. The molecule has 0 radical (unpaired) electrons. The maximum atomic E-state index is 11.8. The number of esters is 1. The van der Waals surface area contributed by atoms with Crippen molar-refractivity contribution in [3.63, 3.8) is 0 Å². The molecule has 0 spiro atoms. The lowest BCUT2D eigenvalue weighted by atomic mass is 10.2. The Labute approximate surface area is 108 Å². The van der Waals surface area contributed by atoms with Gasteiger partial charge in [-0.1, -0.05) is 12.7 Å². The number of hydrogen-bond acceptors (Lipinski definition) is 4. The van der Waals surface area contributed by atoms with E-state index in [4.69, 9.17) is 9.57 Å². The van der Waals surface area contributed by atoms with Gasteiger partial charge in [0, 0.05) is 0 Å². The molecule has 1 amide bonds. The molecule has 0 saturated heterocycles. The average Bonchev–Trinajstić information content (AvgIpc) is 2.26. The predicted octanol–water partition coefficient (Wildman–Crippen LogP) is 1.85. The van der Waals surface area contributed by atoms with E-state index >= 15 is 0 Å². The first-order valence-corrected chi connectivity index (χ1v) is 5.65. The lowest BCUT2D eigenvalue weighted by Gasteiger charge is -2.28. The summed E-state index contributed by atoms with van der Waals surface area (Å²) in [5.74, 6) is -1.04. The summed E-state index contributed by atoms with van der Waals surface area (Å²) in [7, 11) is 0. The van der Waals surface area contributed by atoms with Gasteiger partial charge in [-0.3, -0.25) is 9.63 Å². The lowest BCUT2D eigenvalue weighted by Crippen LogP contribution is -2.45. The Bertz CT molecular complexity index is 330. The predicted molar refractivity (Wildman–Crippen MR) is 68.5 cm³/mol. The molecule has 0 aliphatic carbocycles. The molecule has 0 heterocycles. The third-order valence-electron chi connectivity index (χ3n) is 1.82. The van der Waals surface area contributed by atoms with E-state index in [-0.39, 0.29) is 6.61 Å². The van der Waals surface area contributed by atoms with Crippen molar-refractivity contribution in [2.45, 2.75) is 39.3 Å². The second kappa shape index (κ2) is 6.96. The smallest absolute Gasteiger partial charge is 0.331 e. The minimum absolute atomic E-state index is 0.118. The lowest BCUT2D eigenvalue weighted by molar-refractivity contribution is -0.202. The Morgan fingerprint density at radius 2 is 1.89 bits per heavy atom. The van der Waals surface area contributed by atoms with Crippen LogP contribution in [0.2, 0.25) is 0 Å². The van der Waals surface area contributed by atoms with Crippen molar-refractivity contribution < 1.29 is 19.2 Å². The molecular formula is C13H21NO4. The zero-order valence-corrected chi connectivity index (χ0v) is 11.4. The van der Waals surface area contributed by atoms with Crippen molar-refractivity contribution >= 4 is 11.9 Å². The van der Waals surface area contributed by atoms with Gasteiger partial charge < -0.3 is 4.74 Å². The Morgan fingerprint density at radius 1 is 1.33 bits per heavy atom. The molecule has 5 heteroatoms. The Balaban J connectivity index is 4.78. The highest BCUT2D eigenvalue weighted by molar-refractivity contribution is 5.90. The molecule has 0 rings (SSSR count). The first-order chi connectivity index (χ1) is 8.22. The van der Waals surface area contributed by atoms with Gasteiger partial charge in [0.1, 0.15) is 5.60 Å². The molecule has 0 aromatic carbocycles. The topological polar surface area (TPSA) is 55.8 Å². The summed E-state index contributed by atoms with van der Waals surface area (Å²) in [6, 6.07) is -0.852. The van der Waals surface area contributed by atoms with E-state index in [0.29, 0.717) is 0 Å². The molecule has 0 bridgehead atoms. The molecule has 102 valence electrons. The van der Waals surface area contributed by atoms with E-state index in [1.165, 1.54) is 13.0 Å². The van der Waals surface area contributed by atoms with Crippen molar-refractivity contribution in [3.8, 4) is 0 Å². The standard InChI is InChI=1S/C13H21NO4/c1-7-9-17-14(11(15)8-2)10(3)12(16)18-13(4,5)6/h7-8,10H,1-2,9H2,3-6H3. The molecule has 0 aliphatic rings. The third-order valence-corrected chi connectivity index (χ3v) is 1.82. The Kier molecular flexibility index (Phi) is 6.33. The van der Waals surface area contributed by atoms with E-state index in [9.17, 15) is 9.59 Å². The Morgan fingerprint density at radius 3 is 2.28 bits per heavy atom. The van der Waals surface area contributed by atoms with Gasteiger partial charge in [0.05, 0.1) is 6.61 Å². The SMILES string of the molecule is C=CCON(C(=O)C=C)C(C)C(=O)OC(C)(C)C. The minimum Gasteiger partial charge on any atom is -0.458 e. The van der Waals surface area contributed by atoms with Gasteiger partial charge in [0.25, 0.3) is 5.91 Å². The third kappa shape index (κ3) is 5.63. The van der Waals surface area contributed by atoms with Crippen LogP contribution in [0.15, 0.2) is 25.3 Å². The molecule has 5 nitrogen and oxygen atoms in total. The second-order valence-electron chi connectivity index (χ2n) is 4.66. The van der Waals surface area contributed by atoms with Crippen LogP contribution in [0, 0.1) is 0 Å². The van der Waals surface area contributed by atoms with Gasteiger partial charge in [-0.25, -0.2) is 9.86 Å². The maximum absolute atomic E-state index is 11.8. The van der Waals surface area contributed by atoms with Gasteiger partial charge in [-0.15, -0.1) is 6.58 Å². The minimum atomic E-state index is -0.852. The Hall–Kier alpha value is -1.62. The van der Waals surface area contributed by atoms with Crippen LogP contribution in [0.3, 0.4) is 0 Å². The molecule has 0 aromatic rings. The van der Waals surface area contributed by atoms with E-state index in [2.05, 4.69) is 13.2 Å². The van der Waals surface area contributed by atoms with Gasteiger partial charge in [0.2, 0.25) is 0 Å². The van der Waals surface area contributed by atoms with E-state index in [1.807, 2.05) is 0 Å². The van der Waals surface area contributed by atoms with E-state index in [1.54, 1.807) is 20.8 Å². The summed E-state index contributed by atoms with van der Waals surface area (Å²) in [6.45, 7) is 13.7. The van der Waals surface area contributed by atoms with Crippen molar-refractivity contribution in [2.24, 2.45) is 0 Å². The molecule has 0 saturated carbocycles. The summed E-state index contributed by atoms with van der Waals surface area (Å²) in [5.41, 5.74) is -0.618. The number of carbonyl (C=O) groups is 2. The normalized spacial score (nSPS) is 12.4. The summed E-state index contributed by atoms with van der Waals surface area (Å²) >= 11 is 0. The summed E-state index contributed by atoms with van der Waals surface area (Å²) in [4.78, 5) is 28.5. The van der Waals surface area contributed by atoms with E-state index in [0.717, 1.165) is 11.1 Å². The summed E-state index contributed by atoms with van der Waals surface area (Å²) < 4.78 is 5.18. The van der Waals surface area contributed by atoms with Gasteiger partial charge in [-0.2, -0.15) is 0 Å². The largest absolute Gasteiger partial charge is 0.458 e. The maximum Gasteiger partial charge on any atom is 0.331 e. The van der Waals surface area contributed by atoms with Crippen LogP contribution in [0.1, 0.15) is 27.7 Å². The molecule has 1 atom stereocenters. The zero-order valence-electron chi connectivity index (χ0n) is 11.4. The van der Waals surface area contributed by atoms with Crippen molar-refractivity contribution in [1.82, 2.24) is 5.06 Å². The van der Waals surface area contributed by atoms with Crippen LogP contribution in [0.5, 0.6) is 0 Å². The second-order valence-corrected chi connectivity index (χ2v) is 4.66. The van der Waals surface area contributed by atoms with Gasteiger partial charge in [-0.05, 0) is 33.8 Å². The first-order valence-electron chi connectivity index (χ1n) is 5.65. The number of hydrogen-bond donors (Lipinski definition) is 0. The zero-order chi connectivity index (χ0) is 14.3. The average molecular weight is 255 g/mol. The van der Waals surface area contributed by atoms with Crippen LogP contribution in [0.4, 0.5) is 0 Å². The molecule has 0 N–H and O–H groups in total. The van der Waals surface area contributed by atoms with Crippen LogP contribution in [0.25, 0.3) is 0 Å². The number of ether oxygens (including phenoxy) is 1. The highest BCUT2D eigenvalue weighted by Gasteiger charge is 2.29. The number of rotatable bonds is 6. The summed E-state index contributed by atoms with van der Waals surface area (Å²) in [5, 5.41) is 0.933. The molecule has 1 unspecified atom stereocenters. The van der Waals surface area contributed by atoms with Crippen LogP contribution in [-0.4, -0.2) is 35.2 Å². The van der Waals surface area contributed by atoms with Crippen LogP contribution >= 0.6 is 0 Å². The number of amides is 1. The fourth-order valence-electron chi connectivity index (χ4n) is 1.07. The highest BCUT2D eigenvalue weighted by atomic mass is 16.7. The van der Waals surface area contributed by atoms with E-state index < -0.39 is 23.5 Å². The number of carbonyl (C=O) groups excluding carboxylic acids is 2. The number of nitrogens with zero attached hydrogens (tertiary/aromatic N) is 1. The first kappa shape index (κ1) is 16.4. The molecule has 0 fully saturated rings. The quantitative estimate of drug-likeness (QED) is 0.314. The molecular weight excluding hydrogens is 234 g/mol. The fraction of sp³-hybridized carbons (Fsp3) is 0.538.